The molecular weight excluding hydrogens is 340 g/mol. The van der Waals surface area contributed by atoms with Crippen LogP contribution in [-0.2, 0) is 27.6 Å². The number of H-pyrrole nitrogens is 1. The zero-order chi connectivity index (χ0) is 17.4. The molecule has 2 aliphatic heterocycles. The normalized spacial score (nSPS) is 21.3. The second-order valence-corrected chi connectivity index (χ2v) is 8.37. The number of aromatic amines is 1. The van der Waals surface area contributed by atoms with E-state index >= 15 is 0 Å². The summed E-state index contributed by atoms with van der Waals surface area (Å²) in [6, 6.07) is 3.79. The van der Waals surface area contributed by atoms with Crippen molar-refractivity contribution in [2.45, 2.75) is 19.4 Å². The minimum Gasteiger partial charge on any atom is -0.340 e. The number of hydrogen-bond acceptors (Lipinski definition) is 5. The van der Waals surface area contributed by atoms with Gasteiger partial charge >= 0.3 is 0 Å². The molecule has 1 amide bonds. The van der Waals surface area contributed by atoms with Crippen LogP contribution in [0, 0.1) is 5.92 Å². The van der Waals surface area contributed by atoms with Crippen LogP contribution in [0.15, 0.2) is 36.0 Å². The number of nitrogens with zero attached hydrogens (tertiary/aromatic N) is 3. The molecule has 8 heteroatoms. The van der Waals surface area contributed by atoms with E-state index in [0.29, 0.717) is 19.5 Å². The van der Waals surface area contributed by atoms with E-state index in [1.54, 1.807) is 23.4 Å². The van der Waals surface area contributed by atoms with Gasteiger partial charge in [-0.3, -0.25) is 9.78 Å². The molecule has 0 bridgehead atoms. The molecule has 1 atom stereocenters. The summed E-state index contributed by atoms with van der Waals surface area (Å²) in [5, 5.41) is 1.22. The summed E-state index contributed by atoms with van der Waals surface area (Å²) in [5.41, 5.74) is 2.83. The van der Waals surface area contributed by atoms with Crippen molar-refractivity contribution < 1.29 is 13.2 Å². The van der Waals surface area contributed by atoms with E-state index in [2.05, 4.69) is 15.0 Å². The summed E-state index contributed by atoms with van der Waals surface area (Å²) in [4.78, 5) is 26.3. The van der Waals surface area contributed by atoms with Gasteiger partial charge in [0.1, 0.15) is 5.82 Å². The lowest BCUT2D eigenvalue weighted by Crippen LogP contribution is -2.37. The Morgan fingerprint density at radius 1 is 1.40 bits per heavy atom. The van der Waals surface area contributed by atoms with Gasteiger partial charge in [-0.25, -0.2) is 13.4 Å². The first kappa shape index (κ1) is 16.0. The van der Waals surface area contributed by atoms with Crippen LogP contribution in [0.5, 0.6) is 0 Å². The lowest BCUT2D eigenvalue weighted by molar-refractivity contribution is -0.132. The molecule has 4 heterocycles. The van der Waals surface area contributed by atoms with E-state index in [-0.39, 0.29) is 24.0 Å². The van der Waals surface area contributed by atoms with Crippen LogP contribution in [0.3, 0.4) is 0 Å². The zero-order valence-corrected chi connectivity index (χ0v) is 14.4. The molecule has 0 spiro atoms. The summed E-state index contributed by atoms with van der Waals surface area (Å²) in [5.74, 6) is 0.561. The standard InChI is InChI=1S/C17H18N4O3S/c22-16(8-12-4-7-25(23,24)11-12)21-6-3-14-15(10-21)20-17(19-14)13-2-1-5-18-9-13/h1-2,4-5,7,9,12H,3,6,8,10-11H2,(H,19,20). The van der Waals surface area contributed by atoms with Crippen molar-refractivity contribution in [2.24, 2.45) is 5.92 Å². The Labute approximate surface area is 145 Å². The van der Waals surface area contributed by atoms with Gasteiger partial charge < -0.3 is 9.88 Å². The fourth-order valence-corrected chi connectivity index (χ4v) is 4.67. The second-order valence-electron chi connectivity index (χ2n) is 6.44. The number of aromatic nitrogens is 3. The first-order valence-electron chi connectivity index (χ1n) is 8.17. The Hall–Kier alpha value is -2.48. The van der Waals surface area contributed by atoms with Gasteiger partial charge in [0.2, 0.25) is 5.91 Å². The Morgan fingerprint density at radius 3 is 3.00 bits per heavy atom. The highest BCUT2D eigenvalue weighted by atomic mass is 32.2. The third kappa shape index (κ3) is 3.34. The highest BCUT2D eigenvalue weighted by Gasteiger charge is 2.28. The van der Waals surface area contributed by atoms with Crippen LogP contribution in [0.25, 0.3) is 11.4 Å². The first-order chi connectivity index (χ1) is 12.0. The fraction of sp³-hybridized carbons (Fsp3) is 0.353. The van der Waals surface area contributed by atoms with E-state index in [1.165, 1.54) is 5.41 Å². The van der Waals surface area contributed by atoms with E-state index in [1.807, 2.05) is 12.1 Å². The molecule has 25 heavy (non-hydrogen) atoms. The Bertz CT molecular complexity index is 934. The van der Waals surface area contributed by atoms with Crippen LogP contribution < -0.4 is 0 Å². The van der Waals surface area contributed by atoms with E-state index < -0.39 is 9.84 Å². The van der Waals surface area contributed by atoms with Crippen molar-refractivity contribution in [2.75, 3.05) is 12.3 Å². The lowest BCUT2D eigenvalue weighted by atomic mass is 10.1. The topological polar surface area (TPSA) is 96.0 Å². The summed E-state index contributed by atoms with van der Waals surface area (Å²) in [7, 11) is -3.12. The highest BCUT2D eigenvalue weighted by molar-refractivity contribution is 7.94. The maximum Gasteiger partial charge on any atom is 0.223 e. The Kier molecular flexibility index (Phi) is 3.91. The largest absolute Gasteiger partial charge is 0.340 e. The number of nitrogens with one attached hydrogen (secondary N) is 1. The second kappa shape index (κ2) is 6.11. The van der Waals surface area contributed by atoms with Crippen LogP contribution in [-0.4, -0.2) is 46.5 Å². The van der Waals surface area contributed by atoms with Crippen LogP contribution in [0.2, 0.25) is 0 Å². The summed E-state index contributed by atoms with van der Waals surface area (Å²) in [6.45, 7) is 1.08. The SMILES string of the molecule is O=C(CC1C=CS(=O)(=O)C1)N1CCc2nc(-c3cccnc3)[nH]c2C1. The van der Waals surface area contributed by atoms with Crippen molar-refractivity contribution >= 4 is 15.7 Å². The first-order valence-corrected chi connectivity index (χ1v) is 9.88. The smallest absolute Gasteiger partial charge is 0.223 e. The number of fused-ring (bicyclic) bond motifs is 1. The van der Waals surface area contributed by atoms with Crippen molar-refractivity contribution in [1.82, 2.24) is 19.9 Å². The van der Waals surface area contributed by atoms with Crippen molar-refractivity contribution in [3.8, 4) is 11.4 Å². The number of sulfone groups is 1. The molecule has 4 rings (SSSR count). The number of imidazole rings is 1. The third-order valence-corrected chi connectivity index (χ3v) is 6.03. The van der Waals surface area contributed by atoms with Gasteiger partial charge in [-0.2, -0.15) is 0 Å². The lowest BCUT2D eigenvalue weighted by Gasteiger charge is -2.27. The van der Waals surface area contributed by atoms with Gasteiger partial charge in [-0.1, -0.05) is 6.08 Å². The molecule has 1 N–H and O–H groups in total. The number of hydrogen-bond donors (Lipinski definition) is 1. The molecule has 2 aliphatic rings. The molecule has 0 saturated heterocycles. The minimum absolute atomic E-state index is 0.0186. The molecule has 0 saturated carbocycles. The van der Waals surface area contributed by atoms with Crippen molar-refractivity contribution in [3.63, 3.8) is 0 Å². The number of carbonyl (C=O) groups excluding carboxylic acids is 1. The molecule has 7 nitrogen and oxygen atoms in total. The molecular formula is C17H18N4O3S. The minimum atomic E-state index is -3.12. The highest BCUT2D eigenvalue weighted by Crippen LogP contribution is 2.24. The molecule has 1 unspecified atom stereocenters. The van der Waals surface area contributed by atoms with Gasteiger partial charge in [0.25, 0.3) is 0 Å². The van der Waals surface area contributed by atoms with E-state index in [4.69, 9.17) is 0 Å². The monoisotopic (exact) mass is 358 g/mol. The molecule has 0 aliphatic carbocycles. The van der Waals surface area contributed by atoms with Crippen LogP contribution >= 0.6 is 0 Å². The molecule has 0 radical (unpaired) electrons. The summed E-state index contributed by atoms with van der Waals surface area (Å²) >= 11 is 0. The quantitative estimate of drug-likeness (QED) is 0.892. The number of allylic oxidation sites excluding steroid dienone is 1. The maximum absolute atomic E-state index is 12.5. The van der Waals surface area contributed by atoms with Gasteiger partial charge in [0.05, 0.1) is 23.7 Å². The van der Waals surface area contributed by atoms with Gasteiger partial charge in [0.15, 0.2) is 9.84 Å². The summed E-state index contributed by atoms with van der Waals surface area (Å²) < 4.78 is 22.9. The Morgan fingerprint density at radius 2 is 2.28 bits per heavy atom. The van der Waals surface area contributed by atoms with Crippen molar-refractivity contribution in [3.05, 3.63) is 47.4 Å². The molecule has 0 aromatic carbocycles. The molecule has 130 valence electrons. The zero-order valence-electron chi connectivity index (χ0n) is 13.6. The predicted molar refractivity (Wildman–Crippen MR) is 92.0 cm³/mol. The molecule has 0 fully saturated rings. The van der Waals surface area contributed by atoms with Crippen LogP contribution in [0.1, 0.15) is 17.8 Å². The number of carbonyl (C=O) groups is 1. The van der Waals surface area contributed by atoms with E-state index in [0.717, 1.165) is 22.8 Å². The predicted octanol–water partition coefficient (Wildman–Crippen LogP) is 1.30. The number of pyridine rings is 1. The van der Waals surface area contributed by atoms with Crippen LogP contribution in [0.4, 0.5) is 0 Å². The third-order valence-electron chi connectivity index (χ3n) is 4.56. The fourth-order valence-electron chi connectivity index (χ4n) is 3.27. The van der Waals surface area contributed by atoms with Crippen molar-refractivity contribution in [1.29, 1.82) is 0 Å². The average Bonchev–Trinajstić information content (AvgIpc) is 3.17. The van der Waals surface area contributed by atoms with Gasteiger partial charge in [0, 0.05) is 48.7 Å². The molecule has 2 aromatic heterocycles. The number of amides is 1. The maximum atomic E-state index is 12.5. The molecule has 2 aromatic rings. The summed E-state index contributed by atoms with van der Waals surface area (Å²) in [6.07, 6.45) is 6.01. The van der Waals surface area contributed by atoms with E-state index in [9.17, 15) is 13.2 Å². The Balaban J connectivity index is 1.45. The average molecular weight is 358 g/mol. The number of rotatable bonds is 3. The van der Waals surface area contributed by atoms with Gasteiger partial charge in [-0.15, -0.1) is 0 Å². The van der Waals surface area contributed by atoms with Gasteiger partial charge in [-0.05, 0) is 12.1 Å².